The van der Waals surface area contributed by atoms with Crippen molar-refractivity contribution in [2.45, 2.75) is 4.45 Å². The number of pyridine rings is 2. The van der Waals surface area contributed by atoms with Crippen molar-refractivity contribution in [1.82, 2.24) is 15.3 Å². The number of alkyl halides is 1. The van der Waals surface area contributed by atoms with E-state index in [2.05, 4.69) is 59.3 Å². The molecule has 0 saturated heterocycles. The molecule has 28 heavy (non-hydrogen) atoms. The lowest BCUT2D eigenvalue weighted by Crippen LogP contribution is -2.36. The number of halogens is 2. The van der Waals surface area contributed by atoms with Gasteiger partial charge < -0.3 is 10.1 Å². The SMILES string of the molecule is COc1ccc(C2=CC(Br)(c3ccccn3)NC(c3cccc(Br)n3)=C2)cc1. The third-order valence-electron chi connectivity index (χ3n) is 4.42. The number of rotatable bonds is 4. The summed E-state index contributed by atoms with van der Waals surface area (Å²) < 4.78 is 5.42. The quantitative estimate of drug-likeness (QED) is 0.292. The second-order valence-electron chi connectivity index (χ2n) is 6.28. The largest absolute Gasteiger partial charge is 0.497 e. The van der Waals surface area contributed by atoms with E-state index in [1.165, 1.54) is 0 Å². The van der Waals surface area contributed by atoms with E-state index in [1.807, 2.05) is 60.7 Å². The molecule has 0 amide bonds. The summed E-state index contributed by atoms with van der Waals surface area (Å²) in [6.45, 7) is 0. The maximum absolute atomic E-state index is 5.29. The summed E-state index contributed by atoms with van der Waals surface area (Å²) in [5.74, 6) is 0.825. The van der Waals surface area contributed by atoms with Gasteiger partial charge >= 0.3 is 0 Å². The summed E-state index contributed by atoms with van der Waals surface area (Å²) in [5.41, 5.74) is 4.74. The second-order valence-corrected chi connectivity index (χ2v) is 8.35. The van der Waals surface area contributed by atoms with Crippen LogP contribution in [0.25, 0.3) is 11.3 Å². The van der Waals surface area contributed by atoms with E-state index in [0.29, 0.717) is 0 Å². The van der Waals surface area contributed by atoms with Crippen molar-refractivity contribution in [3.8, 4) is 5.75 Å². The Balaban J connectivity index is 1.83. The molecule has 0 bridgehead atoms. The van der Waals surface area contributed by atoms with Crippen LogP contribution in [0, 0.1) is 0 Å². The molecule has 4 rings (SSSR count). The van der Waals surface area contributed by atoms with Gasteiger partial charge in [-0.25, -0.2) is 4.98 Å². The van der Waals surface area contributed by atoms with Crippen LogP contribution in [0.4, 0.5) is 0 Å². The van der Waals surface area contributed by atoms with E-state index in [1.54, 1.807) is 13.3 Å². The van der Waals surface area contributed by atoms with Gasteiger partial charge in [0.15, 0.2) is 4.45 Å². The molecule has 2 aromatic heterocycles. The van der Waals surface area contributed by atoms with Gasteiger partial charge in [-0.2, -0.15) is 0 Å². The second kappa shape index (κ2) is 7.89. The van der Waals surface area contributed by atoms with Crippen LogP contribution >= 0.6 is 31.9 Å². The number of hydrogen-bond donors (Lipinski definition) is 1. The number of nitrogens with zero attached hydrogens (tertiary/aromatic N) is 2. The van der Waals surface area contributed by atoms with Gasteiger partial charge in [-0.3, -0.25) is 4.98 Å². The molecule has 6 heteroatoms. The summed E-state index contributed by atoms with van der Waals surface area (Å²) in [7, 11) is 1.67. The Bertz CT molecular complexity index is 1050. The highest BCUT2D eigenvalue weighted by Crippen LogP contribution is 2.39. The smallest absolute Gasteiger partial charge is 0.155 e. The normalized spacial score (nSPS) is 18.7. The summed E-state index contributed by atoms with van der Waals surface area (Å²) in [5, 5.41) is 3.54. The van der Waals surface area contributed by atoms with Gasteiger partial charge in [0.25, 0.3) is 0 Å². The standard InChI is InChI=1S/C22H17Br2N3O/c1-28-17-10-8-15(9-11-17)16-13-19(18-5-4-7-21(23)26-18)27-22(24,14-16)20-6-2-3-12-25-20/h2-14,27H,1H3. The highest BCUT2D eigenvalue weighted by molar-refractivity contribution is 9.10. The lowest BCUT2D eigenvalue weighted by molar-refractivity contribution is 0.415. The first-order valence-corrected chi connectivity index (χ1v) is 10.3. The third kappa shape index (κ3) is 3.88. The molecule has 3 aromatic rings. The molecule has 1 N–H and O–H groups in total. The summed E-state index contributed by atoms with van der Waals surface area (Å²) in [4.78, 5) is 9.15. The topological polar surface area (TPSA) is 47.0 Å². The molecular formula is C22H17Br2N3O. The van der Waals surface area contributed by atoms with Crippen molar-refractivity contribution in [2.24, 2.45) is 0 Å². The molecule has 1 aliphatic heterocycles. The Hall–Kier alpha value is -2.44. The maximum atomic E-state index is 5.29. The molecule has 0 spiro atoms. The minimum absolute atomic E-state index is 0.655. The monoisotopic (exact) mass is 497 g/mol. The van der Waals surface area contributed by atoms with E-state index in [4.69, 9.17) is 4.74 Å². The molecule has 1 unspecified atom stereocenters. The Labute approximate surface area is 180 Å². The molecule has 0 saturated carbocycles. The van der Waals surface area contributed by atoms with Crippen LogP contribution in [0.3, 0.4) is 0 Å². The minimum Gasteiger partial charge on any atom is -0.497 e. The van der Waals surface area contributed by atoms with E-state index in [-0.39, 0.29) is 0 Å². The van der Waals surface area contributed by atoms with Crippen LogP contribution in [-0.2, 0) is 4.45 Å². The number of methoxy groups -OCH3 is 1. The molecule has 4 nitrogen and oxygen atoms in total. The van der Waals surface area contributed by atoms with Gasteiger partial charge in [0.1, 0.15) is 10.4 Å². The van der Waals surface area contributed by atoms with Gasteiger partial charge in [0, 0.05) is 6.20 Å². The highest BCUT2D eigenvalue weighted by Gasteiger charge is 2.32. The first-order valence-electron chi connectivity index (χ1n) is 8.68. The average Bonchev–Trinajstić information content (AvgIpc) is 2.74. The molecule has 0 aliphatic carbocycles. The molecule has 1 atom stereocenters. The molecular weight excluding hydrogens is 482 g/mol. The molecule has 1 aromatic carbocycles. The van der Waals surface area contributed by atoms with Crippen LogP contribution < -0.4 is 10.1 Å². The van der Waals surface area contributed by atoms with E-state index >= 15 is 0 Å². The summed E-state index contributed by atoms with van der Waals surface area (Å²) >= 11 is 7.33. The third-order valence-corrected chi connectivity index (χ3v) is 5.70. The Morgan fingerprint density at radius 1 is 1.00 bits per heavy atom. The maximum Gasteiger partial charge on any atom is 0.155 e. The number of hydrogen-bond acceptors (Lipinski definition) is 4. The van der Waals surface area contributed by atoms with E-state index in [0.717, 1.165) is 38.6 Å². The number of allylic oxidation sites excluding steroid dienone is 2. The predicted molar refractivity (Wildman–Crippen MR) is 119 cm³/mol. The zero-order valence-electron chi connectivity index (χ0n) is 15.1. The van der Waals surface area contributed by atoms with Gasteiger partial charge in [-0.1, -0.05) is 24.3 Å². The Morgan fingerprint density at radius 2 is 1.82 bits per heavy atom. The fraction of sp³-hybridized carbons (Fsp3) is 0.0909. The van der Waals surface area contributed by atoms with Crippen molar-refractivity contribution in [2.75, 3.05) is 7.11 Å². The first kappa shape index (κ1) is 18.9. The number of aromatic nitrogens is 2. The lowest BCUT2D eigenvalue weighted by Gasteiger charge is -2.32. The number of benzene rings is 1. The molecule has 0 radical (unpaired) electrons. The van der Waals surface area contributed by atoms with Gasteiger partial charge in [-0.15, -0.1) is 0 Å². The highest BCUT2D eigenvalue weighted by atomic mass is 79.9. The van der Waals surface area contributed by atoms with Crippen LogP contribution in [0.5, 0.6) is 5.75 Å². The van der Waals surface area contributed by atoms with Crippen LogP contribution in [0.1, 0.15) is 17.0 Å². The lowest BCUT2D eigenvalue weighted by atomic mass is 9.96. The van der Waals surface area contributed by atoms with Crippen molar-refractivity contribution in [1.29, 1.82) is 0 Å². The van der Waals surface area contributed by atoms with Crippen LogP contribution in [-0.4, -0.2) is 17.1 Å². The van der Waals surface area contributed by atoms with Crippen molar-refractivity contribution >= 4 is 43.1 Å². The Kier molecular flexibility index (Phi) is 5.33. The average molecular weight is 499 g/mol. The van der Waals surface area contributed by atoms with Gasteiger partial charge in [-0.05, 0) is 91.5 Å². The predicted octanol–water partition coefficient (Wildman–Crippen LogP) is 5.52. The fourth-order valence-corrected chi connectivity index (χ4v) is 4.08. The van der Waals surface area contributed by atoms with E-state index < -0.39 is 4.45 Å². The fourth-order valence-electron chi connectivity index (χ4n) is 3.04. The first-order chi connectivity index (χ1) is 13.6. The number of dihydropyridines is 1. The minimum atomic E-state index is -0.655. The van der Waals surface area contributed by atoms with Crippen molar-refractivity contribution in [3.05, 3.63) is 101 Å². The molecule has 0 fully saturated rings. The number of ether oxygens (including phenoxy) is 1. The summed E-state index contributed by atoms with van der Waals surface area (Å²) in [6, 6.07) is 19.7. The van der Waals surface area contributed by atoms with Crippen molar-refractivity contribution < 1.29 is 4.74 Å². The van der Waals surface area contributed by atoms with Gasteiger partial charge in [0.05, 0.1) is 24.2 Å². The Morgan fingerprint density at radius 3 is 2.50 bits per heavy atom. The molecule has 140 valence electrons. The molecule has 3 heterocycles. The van der Waals surface area contributed by atoms with Crippen LogP contribution in [0.15, 0.2) is 83.6 Å². The zero-order chi connectivity index (χ0) is 19.6. The zero-order valence-corrected chi connectivity index (χ0v) is 18.2. The number of nitrogens with one attached hydrogen (secondary N) is 1. The van der Waals surface area contributed by atoms with Crippen molar-refractivity contribution in [3.63, 3.8) is 0 Å². The van der Waals surface area contributed by atoms with Gasteiger partial charge in [0.2, 0.25) is 0 Å². The van der Waals surface area contributed by atoms with E-state index in [9.17, 15) is 0 Å². The summed E-state index contributed by atoms with van der Waals surface area (Å²) in [6.07, 6.45) is 6.01. The molecule has 1 aliphatic rings. The van der Waals surface area contributed by atoms with Crippen LogP contribution in [0.2, 0.25) is 0 Å².